The lowest BCUT2D eigenvalue weighted by atomic mass is 9.46. The fourth-order valence-electron chi connectivity index (χ4n) is 9.26. The van der Waals surface area contributed by atoms with Gasteiger partial charge in [-0.2, -0.15) is 0 Å². The molecule has 172 valence electrons. The van der Waals surface area contributed by atoms with Crippen LogP contribution in [0.1, 0.15) is 106 Å². The molecule has 0 aromatic heterocycles. The summed E-state index contributed by atoms with van der Waals surface area (Å²) in [4.78, 5) is 0. The SMILES string of the molecule is CC[C@H](CC[C@H](C)[C@H]1CC[C@H]2[C@@H]3C=C[C@H]4C[C@@H](O)CC[C@]4(C)[C@H]3CC[C@]12C)C(C)C. The molecule has 1 heteroatoms. The highest BCUT2D eigenvalue weighted by molar-refractivity contribution is 5.18. The van der Waals surface area contributed by atoms with Crippen LogP contribution in [0.4, 0.5) is 0 Å². The third kappa shape index (κ3) is 3.74. The monoisotopic (exact) mass is 414 g/mol. The molecule has 0 aromatic carbocycles. The number of aliphatic hydroxyl groups excluding tert-OH is 1. The summed E-state index contributed by atoms with van der Waals surface area (Å²) in [6.45, 7) is 15.1. The summed E-state index contributed by atoms with van der Waals surface area (Å²) in [5, 5.41) is 10.3. The molecule has 1 N–H and O–H groups in total. The quantitative estimate of drug-likeness (QED) is 0.438. The van der Waals surface area contributed by atoms with E-state index in [0.717, 1.165) is 54.3 Å². The number of hydrogen-bond acceptors (Lipinski definition) is 1. The number of fused-ring (bicyclic) bond motifs is 5. The molecule has 3 fully saturated rings. The second-order valence-corrected chi connectivity index (χ2v) is 12.9. The van der Waals surface area contributed by atoms with Crippen molar-refractivity contribution >= 4 is 0 Å². The van der Waals surface area contributed by atoms with Crippen LogP contribution in [0.3, 0.4) is 0 Å². The zero-order chi connectivity index (χ0) is 21.7. The molecule has 0 bridgehead atoms. The first-order chi connectivity index (χ1) is 14.2. The third-order valence-corrected chi connectivity index (χ3v) is 11.4. The second-order valence-electron chi connectivity index (χ2n) is 12.9. The fraction of sp³-hybridized carbons (Fsp3) is 0.931. The normalized spacial score (nSPS) is 47.5. The molecule has 0 saturated heterocycles. The van der Waals surface area contributed by atoms with Crippen molar-refractivity contribution in [2.24, 2.45) is 58.2 Å². The summed E-state index contributed by atoms with van der Waals surface area (Å²) in [6, 6.07) is 0. The molecule has 1 nitrogen and oxygen atoms in total. The van der Waals surface area contributed by atoms with Crippen LogP contribution in [0.25, 0.3) is 0 Å². The van der Waals surface area contributed by atoms with Crippen LogP contribution in [-0.2, 0) is 0 Å². The Bertz CT molecular complexity index is 622. The Morgan fingerprint density at radius 1 is 0.900 bits per heavy atom. The standard InChI is InChI=1S/C29H50O/c1-7-21(19(2)3)9-8-20(4)25-12-13-26-24-11-10-22-18-23(30)14-16-28(22,5)27(24)15-17-29(25,26)6/h10-11,19-27,30H,7-9,12-18H2,1-6H3/t20-,21+,22-,23-,24-,25+,26-,27-,28-,29+/m0/s1. The maximum absolute atomic E-state index is 10.3. The van der Waals surface area contributed by atoms with Crippen molar-refractivity contribution < 1.29 is 5.11 Å². The van der Waals surface area contributed by atoms with E-state index >= 15 is 0 Å². The zero-order valence-electron chi connectivity index (χ0n) is 20.9. The minimum atomic E-state index is -0.0624. The summed E-state index contributed by atoms with van der Waals surface area (Å²) >= 11 is 0. The molecule has 3 saturated carbocycles. The van der Waals surface area contributed by atoms with Crippen molar-refractivity contribution in [2.45, 2.75) is 112 Å². The van der Waals surface area contributed by atoms with Gasteiger partial charge in [-0.1, -0.05) is 66.5 Å². The van der Waals surface area contributed by atoms with Crippen molar-refractivity contribution in [3.05, 3.63) is 12.2 Å². The molecule has 0 aromatic rings. The van der Waals surface area contributed by atoms with Crippen molar-refractivity contribution in [1.29, 1.82) is 0 Å². The van der Waals surface area contributed by atoms with Gasteiger partial charge in [-0.05, 0) is 110 Å². The van der Waals surface area contributed by atoms with Crippen LogP contribution in [0.5, 0.6) is 0 Å². The van der Waals surface area contributed by atoms with E-state index in [-0.39, 0.29) is 6.10 Å². The average molecular weight is 415 g/mol. The maximum Gasteiger partial charge on any atom is 0.0546 e. The number of aliphatic hydroxyl groups is 1. The molecule has 0 amide bonds. The highest BCUT2D eigenvalue weighted by Gasteiger charge is 2.59. The molecule has 0 heterocycles. The van der Waals surface area contributed by atoms with Crippen LogP contribution >= 0.6 is 0 Å². The van der Waals surface area contributed by atoms with E-state index in [1.54, 1.807) is 0 Å². The molecule has 4 aliphatic carbocycles. The molecule has 0 aliphatic heterocycles. The van der Waals surface area contributed by atoms with Crippen LogP contribution < -0.4 is 0 Å². The minimum absolute atomic E-state index is 0.0624. The number of hydrogen-bond donors (Lipinski definition) is 1. The van der Waals surface area contributed by atoms with Crippen molar-refractivity contribution in [3.8, 4) is 0 Å². The molecule has 30 heavy (non-hydrogen) atoms. The average Bonchev–Trinajstić information content (AvgIpc) is 3.06. The van der Waals surface area contributed by atoms with Gasteiger partial charge in [0.1, 0.15) is 0 Å². The lowest BCUT2D eigenvalue weighted by Crippen LogP contribution is -2.52. The van der Waals surface area contributed by atoms with Gasteiger partial charge >= 0.3 is 0 Å². The summed E-state index contributed by atoms with van der Waals surface area (Å²) < 4.78 is 0. The molecule has 4 aliphatic rings. The topological polar surface area (TPSA) is 20.2 Å². The largest absolute Gasteiger partial charge is 0.393 e. The Morgan fingerprint density at radius 3 is 2.30 bits per heavy atom. The van der Waals surface area contributed by atoms with E-state index in [2.05, 4.69) is 53.7 Å². The zero-order valence-corrected chi connectivity index (χ0v) is 20.9. The maximum atomic E-state index is 10.3. The summed E-state index contributed by atoms with van der Waals surface area (Å²) in [5.41, 5.74) is 0.997. The second kappa shape index (κ2) is 8.57. The van der Waals surface area contributed by atoms with E-state index in [4.69, 9.17) is 0 Å². The van der Waals surface area contributed by atoms with Crippen molar-refractivity contribution in [1.82, 2.24) is 0 Å². The van der Waals surface area contributed by atoms with Crippen molar-refractivity contribution in [3.63, 3.8) is 0 Å². The van der Waals surface area contributed by atoms with E-state index in [9.17, 15) is 5.11 Å². The molecular weight excluding hydrogens is 364 g/mol. The molecule has 0 radical (unpaired) electrons. The highest BCUT2D eigenvalue weighted by Crippen LogP contribution is 2.67. The molecule has 10 atom stereocenters. The molecule has 0 unspecified atom stereocenters. The first-order valence-corrected chi connectivity index (χ1v) is 13.6. The Balaban J connectivity index is 1.48. The van der Waals surface area contributed by atoms with Gasteiger partial charge in [0.25, 0.3) is 0 Å². The predicted molar refractivity (Wildman–Crippen MR) is 128 cm³/mol. The third-order valence-electron chi connectivity index (χ3n) is 11.4. The van der Waals surface area contributed by atoms with Crippen LogP contribution in [-0.4, -0.2) is 11.2 Å². The van der Waals surface area contributed by atoms with E-state index in [0.29, 0.717) is 16.7 Å². The molecule has 0 spiro atoms. The van der Waals surface area contributed by atoms with Gasteiger partial charge in [-0.15, -0.1) is 0 Å². The molecular formula is C29H50O. The molecule has 4 rings (SSSR count). The van der Waals surface area contributed by atoms with Gasteiger partial charge in [0.05, 0.1) is 6.10 Å². The lowest BCUT2D eigenvalue weighted by molar-refractivity contribution is -0.0814. The fourth-order valence-corrected chi connectivity index (χ4v) is 9.26. The van der Waals surface area contributed by atoms with Crippen LogP contribution in [0.2, 0.25) is 0 Å². The highest BCUT2D eigenvalue weighted by atomic mass is 16.3. The lowest BCUT2D eigenvalue weighted by Gasteiger charge is -2.59. The summed E-state index contributed by atoms with van der Waals surface area (Å²) in [5.74, 6) is 6.73. The number of rotatable bonds is 6. The van der Waals surface area contributed by atoms with Gasteiger partial charge in [0.15, 0.2) is 0 Å². The minimum Gasteiger partial charge on any atom is -0.393 e. The van der Waals surface area contributed by atoms with Crippen LogP contribution in [0, 0.1) is 58.2 Å². The first-order valence-electron chi connectivity index (χ1n) is 13.6. The van der Waals surface area contributed by atoms with Gasteiger partial charge in [-0.25, -0.2) is 0 Å². The van der Waals surface area contributed by atoms with Gasteiger partial charge in [-0.3, -0.25) is 0 Å². The predicted octanol–water partition coefficient (Wildman–Crippen LogP) is 7.88. The summed E-state index contributed by atoms with van der Waals surface area (Å²) in [6.07, 6.45) is 18.4. The van der Waals surface area contributed by atoms with Crippen molar-refractivity contribution in [2.75, 3.05) is 0 Å². The Kier molecular flexibility index (Phi) is 6.53. The van der Waals surface area contributed by atoms with Gasteiger partial charge in [0.2, 0.25) is 0 Å². The van der Waals surface area contributed by atoms with E-state index < -0.39 is 0 Å². The first kappa shape index (κ1) is 22.9. The Hall–Kier alpha value is -0.300. The summed E-state index contributed by atoms with van der Waals surface area (Å²) in [7, 11) is 0. The number of allylic oxidation sites excluding steroid dienone is 2. The van der Waals surface area contributed by atoms with Gasteiger partial charge in [0, 0.05) is 0 Å². The Morgan fingerprint density at radius 2 is 1.60 bits per heavy atom. The van der Waals surface area contributed by atoms with Crippen LogP contribution in [0.15, 0.2) is 12.2 Å². The van der Waals surface area contributed by atoms with Gasteiger partial charge < -0.3 is 5.11 Å². The van der Waals surface area contributed by atoms with E-state index in [1.165, 1.54) is 51.4 Å². The van der Waals surface area contributed by atoms with E-state index in [1.807, 2.05) is 0 Å². The Labute approximate surface area is 187 Å². The smallest absolute Gasteiger partial charge is 0.0546 e.